The second kappa shape index (κ2) is 6.58. The molecule has 2 heterocycles. The van der Waals surface area contributed by atoms with Crippen molar-refractivity contribution >= 4 is 17.4 Å². The van der Waals surface area contributed by atoms with E-state index in [9.17, 15) is 9.59 Å². The van der Waals surface area contributed by atoms with Crippen molar-refractivity contribution in [2.24, 2.45) is 0 Å². The normalized spacial score (nSPS) is 12.0. The van der Waals surface area contributed by atoms with Crippen molar-refractivity contribution in [3.8, 4) is 0 Å². The molecule has 0 aliphatic carbocycles. The Balaban J connectivity index is 1.94. The van der Waals surface area contributed by atoms with Crippen LogP contribution in [-0.2, 0) is 6.54 Å². The number of hydrogen-bond acceptors (Lipinski definition) is 3. The number of aromatic nitrogens is 1. The molecule has 0 aromatic carbocycles. The molecular formula is C15H19N3O2S. The minimum absolute atomic E-state index is 0.0533. The van der Waals surface area contributed by atoms with E-state index in [2.05, 4.69) is 15.6 Å². The van der Waals surface area contributed by atoms with Crippen molar-refractivity contribution < 1.29 is 4.79 Å². The van der Waals surface area contributed by atoms with Gasteiger partial charge in [0.15, 0.2) is 0 Å². The van der Waals surface area contributed by atoms with E-state index in [4.69, 9.17) is 0 Å². The highest BCUT2D eigenvalue weighted by Gasteiger charge is 2.11. The van der Waals surface area contributed by atoms with Crippen molar-refractivity contribution in [1.29, 1.82) is 0 Å². The Morgan fingerprint density at radius 3 is 2.81 bits per heavy atom. The van der Waals surface area contributed by atoms with Crippen LogP contribution in [0.3, 0.4) is 0 Å². The standard InChI is InChI=1S/C15H19N3O2S/c1-9-7-10(2)17-14(19)12(9)8-16-15(20)18-11(3)13-5-4-6-21-13/h4-7,11H,8H2,1-3H3,(H,17,19)(H2,16,18,20)/t11-/m0/s1. The molecule has 112 valence electrons. The van der Waals surface area contributed by atoms with Crippen LogP contribution in [-0.4, -0.2) is 11.0 Å². The Morgan fingerprint density at radius 2 is 2.19 bits per heavy atom. The van der Waals surface area contributed by atoms with Gasteiger partial charge in [-0.05, 0) is 43.8 Å². The van der Waals surface area contributed by atoms with Crippen molar-refractivity contribution in [2.45, 2.75) is 33.4 Å². The summed E-state index contributed by atoms with van der Waals surface area (Å²) in [4.78, 5) is 27.6. The molecule has 0 bridgehead atoms. The van der Waals surface area contributed by atoms with Crippen molar-refractivity contribution in [3.05, 3.63) is 55.6 Å². The lowest BCUT2D eigenvalue weighted by Crippen LogP contribution is -2.37. The second-order valence-electron chi connectivity index (χ2n) is 5.01. The maximum Gasteiger partial charge on any atom is 0.315 e. The molecule has 0 aliphatic heterocycles. The molecule has 0 aliphatic rings. The summed E-state index contributed by atoms with van der Waals surface area (Å²) in [5.41, 5.74) is 2.12. The van der Waals surface area contributed by atoms with Crippen molar-refractivity contribution in [3.63, 3.8) is 0 Å². The van der Waals surface area contributed by atoms with E-state index in [-0.39, 0.29) is 24.2 Å². The highest BCUT2D eigenvalue weighted by Crippen LogP contribution is 2.17. The molecule has 0 unspecified atom stereocenters. The Labute approximate surface area is 127 Å². The number of carbonyl (C=O) groups excluding carboxylic acids is 1. The molecule has 21 heavy (non-hydrogen) atoms. The zero-order valence-corrected chi connectivity index (χ0v) is 13.1. The summed E-state index contributed by atoms with van der Waals surface area (Å²) in [6.45, 7) is 5.84. The van der Waals surface area contributed by atoms with Gasteiger partial charge in [-0.1, -0.05) is 6.07 Å². The van der Waals surface area contributed by atoms with Gasteiger partial charge >= 0.3 is 6.03 Å². The third-order valence-electron chi connectivity index (χ3n) is 3.24. The number of aryl methyl sites for hydroxylation is 2. The number of H-pyrrole nitrogens is 1. The van der Waals surface area contributed by atoms with E-state index in [0.717, 1.165) is 16.1 Å². The summed E-state index contributed by atoms with van der Waals surface area (Å²) in [5, 5.41) is 7.55. The number of rotatable bonds is 4. The maximum absolute atomic E-state index is 11.9. The zero-order chi connectivity index (χ0) is 15.4. The summed E-state index contributed by atoms with van der Waals surface area (Å²) in [7, 11) is 0. The fraction of sp³-hybridized carbons (Fsp3) is 0.333. The quantitative estimate of drug-likeness (QED) is 0.812. The number of carbonyl (C=O) groups is 1. The number of amides is 2. The lowest BCUT2D eigenvalue weighted by Gasteiger charge is -2.13. The predicted molar refractivity (Wildman–Crippen MR) is 84.6 cm³/mol. The van der Waals surface area contributed by atoms with Crippen LogP contribution in [0.1, 0.15) is 34.7 Å². The molecule has 0 saturated carbocycles. The van der Waals surface area contributed by atoms with Crippen LogP contribution in [0.4, 0.5) is 4.79 Å². The molecule has 0 saturated heterocycles. The fourth-order valence-corrected chi connectivity index (χ4v) is 2.86. The van der Waals surface area contributed by atoms with E-state index >= 15 is 0 Å². The summed E-state index contributed by atoms with van der Waals surface area (Å²) in [6, 6.07) is 5.48. The van der Waals surface area contributed by atoms with Crippen molar-refractivity contribution in [2.75, 3.05) is 0 Å². The van der Waals surface area contributed by atoms with Gasteiger partial charge in [0.05, 0.1) is 12.6 Å². The SMILES string of the molecule is Cc1cc(C)c(CNC(=O)N[C@@H](C)c2cccs2)c(=O)[nH]1. The minimum atomic E-state index is -0.282. The summed E-state index contributed by atoms with van der Waals surface area (Å²) < 4.78 is 0. The lowest BCUT2D eigenvalue weighted by atomic mass is 10.1. The van der Waals surface area contributed by atoms with Gasteiger partial charge in [-0.3, -0.25) is 4.79 Å². The maximum atomic E-state index is 11.9. The predicted octanol–water partition coefficient (Wildman–Crippen LogP) is 2.61. The van der Waals surface area contributed by atoms with E-state index in [0.29, 0.717) is 5.56 Å². The first kappa shape index (κ1) is 15.3. The molecular weight excluding hydrogens is 286 g/mol. The third kappa shape index (κ3) is 3.95. The monoisotopic (exact) mass is 305 g/mol. The van der Waals surface area contributed by atoms with Gasteiger partial charge in [0, 0.05) is 16.1 Å². The first-order valence-corrected chi connectivity index (χ1v) is 7.62. The largest absolute Gasteiger partial charge is 0.334 e. The van der Waals surface area contributed by atoms with Gasteiger partial charge in [-0.25, -0.2) is 4.79 Å². The minimum Gasteiger partial charge on any atom is -0.334 e. The van der Waals surface area contributed by atoms with Crippen LogP contribution in [0.2, 0.25) is 0 Å². The van der Waals surface area contributed by atoms with Gasteiger partial charge in [0.2, 0.25) is 0 Å². The average molecular weight is 305 g/mol. The van der Waals surface area contributed by atoms with Crippen LogP contribution in [0.15, 0.2) is 28.4 Å². The van der Waals surface area contributed by atoms with E-state index in [1.807, 2.05) is 44.4 Å². The van der Waals surface area contributed by atoms with Crippen LogP contribution in [0.25, 0.3) is 0 Å². The molecule has 6 heteroatoms. The van der Waals surface area contributed by atoms with Crippen molar-refractivity contribution in [1.82, 2.24) is 15.6 Å². The number of hydrogen-bond donors (Lipinski definition) is 3. The number of nitrogens with one attached hydrogen (secondary N) is 3. The molecule has 2 rings (SSSR count). The van der Waals surface area contributed by atoms with Gasteiger partial charge in [0.25, 0.3) is 5.56 Å². The molecule has 0 radical (unpaired) electrons. The van der Waals surface area contributed by atoms with Crippen LogP contribution >= 0.6 is 11.3 Å². The molecule has 1 atom stereocenters. The first-order chi connectivity index (χ1) is 9.97. The van der Waals surface area contributed by atoms with E-state index in [1.165, 1.54) is 0 Å². The van der Waals surface area contributed by atoms with Crippen LogP contribution in [0.5, 0.6) is 0 Å². The van der Waals surface area contributed by atoms with Gasteiger partial charge in [-0.2, -0.15) is 0 Å². The highest BCUT2D eigenvalue weighted by atomic mass is 32.1. The van der Waals surface area contributed by atoms with Gasteiger partial charge in [-0.15, -0.1) is 11.3 Å². The van der Waals surface area contributed by atoms with Crippen LogP contribution in [0, 0.1) is 13.8 Å². The topological polar surface area (TPSA) is 74.0 Å². The lowest BCUT2D eigenvalue weighted by molar-refractivity contribution is 0.237. The number of pyridine rings is 1. The van der Waals surface area contributed by atoms with E-state index < -0.39 is 0 Å². The summed E-state index contributed by atoms with van der Waals surface area (Å²) >= 11 is 1.60. The smallest absolute Gasteiger partial charge is 0.315 e. The highest BCUT2D eigenvalue weighted by molar-refractivity contribution is 7.10. The van der Waals surface area contributed by atoms with Gasteiger partial charge < -0.3 is 15.6 Å². The Bertz CT molecular complexity index is 677. The molecule has 2 aromatic rings. The fourth-order valence-electron chi connectivity index (χ4n) is 2.13. The number of aromatic amines is 1. The molecule has 2 amide bonds. The first-order valence-electron chi connectivity index (χ1n) is 6.74. The van der Waals surface area contributed by atoms with E-state index in [1.54, 1.807) is 11.3 Å². The van der Waals surface area contributed by atoms with Crippen LogP contribution < -0.4 is 16.2 Å². The zero-order valence-electron chi connectivity index (χ0n) is 12.3. The molecule has 5 nitrogen and oxygen atoms in total. The molecule has 0 fully saturated rings. The molecule has 3 N–H and O–H groups in total. The Kier molecular flexibility index (Phi) is 4.80. The average Bonchev–Trinajstić information content (AvgIpc) is 2.91. The molecule has 0 spiro atoms. The second-order valence-corrected chi connectivity index (χ2v) is 5.99. The number of urea groups is 1. The summed E-state index contributed by atoms with van der Waals surface area (Å²) in [5.74, 6) is 0. The van der Waals surface area contributed by atoms with Gasteiger partial charge in [0.1, 0.15) is 0 Å². The summed E-state index contributed by atoms with van der Waals surface area (Å²) in [6.07, 6.45) is 0. The number of thiophene rings is 1. The Morgan fingerprint density at radius 1 is 1.43 bits per heavy atom. The third-order valence-corrected chi connectivity index (χ3v) is 4.29. The Hall–Kier alpha value is -2.08. The molecule has 2 aromatic heterocycles.